The van der Waals surface area contributed by atoms with Crippen molar-refractivity contribution in [2.24, 2.45) is 0 Å². The molecule has 0 atom stereocenters. The summed E-state index contributed by atoms with van der Waals surface area (Å²) in [6, 6.07) is 0. The molecule has 0 bridgehead atoms. The molecule has 3 heteroatoms. The molecule has 0 unspecified atom stereocenters. The van der Waals surface area contributed by atoms with E-state index in [1.807, 2.05) is 0 Å². The predicted octanol–water partition coefficient (Wildman–Crippen LogP) is 0.358. The van der Waals surface area contributed by atoms with E-state index in [0.29, 0.717) is 6.61 Å². The minimum atomic E-state index is -0.438. The minimum absolute atomic E-state index is 0. The topological polar surface area (TPSA) is 35.5 Å². The summed E-state index contributed by atoms with van der Waals surface area (Å²) in [4.78, 5) is 10.2. The van der Waals surface area contributed by atoms with Gasteiger partial charge in [0.15, 0.2) is 0 Å². The first-order valence-corrected chi connectivity index (χ1v) is 2.33. The second-order valence-electron chi connectivity index (χ2n) is 1.15. The van der Waals surface area contributed by atoms with Crippen molar-refractivity contribution in [1.29, 1.82) is 0 Å². The maximum absolute atomic E-state index is 10.2. The van der Waals surface area contributed by atoms with E-state index in [1.54, 1.807) is 6.92 Å². The average molecular weight is 117 g/mol. The number of esters is 1. The smallest absolute Gasteiger partial charge is 0.332 e. The van der Waals surface area contributed by atoms with E-state index in [2.05, 4.69) is 16.6 Å². The fraction of sp³-hybridized carbons (Fsp3) is 0.600. The Balaban J connectivity index is 2.99. The van der Waals surface area contributed by atoms with Gasteiger partial charge in [-0.2, -0.15) is 0 Å². The van der Waals surface area contributed by atoms with E-state index in [4.69, 9.17) is 0 Å². The van der Waals surface area contributed by atoms with Crippen LogP contribution in [0.3, 0.4) is 0 Å². The van der Waals surface area contributed by atoms with Crippen LogP contribution < -0.4 is 0 Å². The van der Waals surface area contributed by atoms with Gasteiger partial charge in [0.25, 0.3) is 0 Å². The minimum Gasteiger partial charge on any atom is -0.460 e. The lowest BCUT2D eigenvalue weighted by Gasteiger charge is -1.95. The van der Waals surface area contributed by atoms with Gasteiger partial charge in [-0.15, -0.1) is 0 Å². The summed E-state index contributed by atoms with van der Waals surface area (Å²) >= 11 is 0. The summed E-state index contributed by atoms with van der Waals surface area (Å²) in [5, 5.41) is 0. The molecule has 0 aliphatic carbocycles. The Morgan fingerprint density at radius 1 is 1.75 bits per heavy atom. The summed E-state index contributed by atoms with van der Waals surface area (Å²) in [6.07, 6.45) is 0. The predicted molar refractivity (Wildman–Crippen MR) is 27.9 cm³/mol. The van der Waals surface area contributed by atoms with E-state index in [-0.39, 0.29) is 6.61 Å². The summed E-state index contributed by atoms with van der Waals surface area (Å²) in [5.74, 6) is -0.438. The number of carbonyl (C=O) groups excluding carboxylic acids is 1. The van der Waals surface area contributed by atoms with Crippen LogP contribution in [-0.2, 0) is 14.3 Å². The first-order chi connectivity index (χ1) is 3.81. The van der Waals surface area contributed by atoms with E-state index < -0.39 is 5.97 Å². The molecular weight excluding hydrogens is 108 g/mol. The van der Waals surface area contributed by atoms with Gasteiger partial charge in [-0.1, -0.05) is 0 Å². The van der Waals surface area contributed by atoms with Gasteiger partial charge in [-0.25, -0.2) is 4.79 Å². The molecule has 47 valence electrons. The number of rotatable bonds is 3. The van der Waals surface area contributed by atoms with Gasteiger partial charge in [0.05, 0.1) is 0 Å². The zero-order chi connectivity index (χ0) is 6.41. The monoisotopic (exact) mass is 117 g/mol. The molecule has 0 fully saturated rings. The highest BCUT2D eigenvalue weighted by Crippen LogP contribution is 1.76. The number of ether oxygens (including phenoxy) is 2. The van der Waals surface area contributed by atoms with Crippen LogP contribution in [0.15, 0.2) is 0 Å². The average Bonchev–Trinajstić information content (AvgIpc) is 1.83. The lowest BCUT2D eigenvalue weighted by Crippen LogP contribution is -2.08. The Bertz CT molecular complexity index is 70.1. The molecular formula is C5H9O3. The second-order valence-corrected chi connectivity index (χ2v) is 1.15. The Kier molecular flexibility index (Phi) is 4.26. The van der Waals surface area contributed by atoms with Crippen molar-refractivity contribution < 1.29 is 14.3 Å². The highest BCUT2D eigenvalue weighted by atomic mass is 16.6. The molecule has 8 heavy (non-hydrogen) atoms. The van der Waals surface area contributed by atoms with E-state index >= 15 is 0 Å². The van der Waals surface area contributed by atoms with Crippen LogP contribution >= 0.6 is 0 Å². The summed E-state index contributed by atoms with van der Waals surface area (Å²) in [7, 11) is 2.91. The molecule has 0 aromatic carbocycles. The van der Waals surface area contributed by atoms with Crippen molar-refractivity contribution >= 4 is 5.97 Å². The molecule has 0 aliphatic rings. The maximum atomic E-state index is 10.2. The zero-order valence-electron chi connectivity index (χ0n) is 4.85. The molecule has 1 radical (unpaired) electrons. The van der Waals surface area contributed by atoms with Crippen LogP contribution in [0.5, 0.6) is 0 Å². The molecule has 0 spiro atoms. The summed E-state index contributed by atoms with van der Waals surface area (Å²) < 4.78 is 8.71. The zero-order valence-corrected chi connectivity index (χ0v) is 4.85. The highest BCUT2D eigenvalue weighted by Gasteiger charge is 1.95. The summed E-state index contributed by atoms with van der Waals surface area (Å²) in [6.45, 7) is 2.32. The number of hydrogen-bond acceptors (Lipinski definition) is 3. The van der Waals surface area contributed by atoms with Gasteiger partial charge in [-0.3, -0.25) is 0 Å². The first kappa shape index (κ1) is 7.43. The van der Waals surface area contributed by atoms with Crippen LogP contribution in [0.4, 0.5) is 0 Å². The van der Waals surface area contributed by atoms with Gasteiger partial charge in [-0.05, 0) is 6.92 Å². The third-order valence-corrected chi connectivity index (χ3v) is 0.585. The van der Waals surface area contributed by atoms with Gasteiger partial charge in [0.2, 0.25) is 0 Å². The van der Waals surface area contributed by atoms with Gasteiger partial charge in [0, 0.05) is 6.61 Å². The van der Waals surface area contributed by atoms with Crippen LogP contribution in [-0.4, -0.2) is 19.2 Å². The normalized spacial score (nSPS) is 8.75. The third kappa shape index (κ3) is 3.61. The van der Waals surface area contributed by atoms with Gasteiger partial charge in [0.1, 0.15) is 13.7 Å². The number of carbonyl (C=O) groups is 1. The Hall–Kier alpha value is -0.570. The largest absolute Gasteiger partial charge is 0.460 e. The van der Waals surface area contributed by atoms with Crippen LogP contribution in [0.2, 0.25) is 0 Å². The Labute approximate surface area is 48.6 Å². The van der Waals surface area contributed by atoms with E-state index in [9.17, 15) is 4.79 Å². The fourth-order valence-electron chi connectivity index (χ4n) is 0.227. The molecule has 0 saturated heterocycles. The SMILES string of the molecule is [CH2]OC(=O)COCC. The second kappa shape index (κ2) is 4.59. The van der Waals surface area contributed by atoms with Gasteiger partial charge < -0.3 is 9.47 Å². The standard InChI is InChI=1S/C5H9O3/c1-3-8-4-5(6)7-2/h2-4H2,1H3. The number of hydrogen-bond donors (Lipinski definition) is 0. The third-order valence-electron chi connectivity index (χ3n) is 0.585. The Morgan fingerprint density at radius 2 is 2.38 bits per heavy atom. The molecule has 0 heterocycles. The van der Waals surface area contributed by atoms with Crippen molar-refractivity contribution in [2.75, 3.05) is 13.2 Å². The van der Waals surface area contributed by atoms with Crippen LogP contribution in [0.1, 0.15) is 6.92 Å². The van der Waals surface area contributed by atoms with Gasteiger partial charge >= 0.3 is 5.97 Å². The molecule has 0 rings (SSSR count). The molecule has 0 aliphatic heterocycles. The fourth-order valence-corrected chi connectivity index (χ4v) is 0.227. The van der Waals surface area contributed by atoms with Crippen molar-refractivity contribution in [3.63, 3.8) is 0 Å². The van der Waals surface area contributed by atoms with Crippen molar-refractivity contribution in [2.45, 2.75) is 6.92 Å². The summed E-state index contributed by atoms with van der Waals surface area (Å²) in [5.41, 5.74) is 0. The molecule has 0 N–H and O–H groups in total. The quantitative estimate of drug-likeness (QED) is 0.500. The Morgan fingerprint density at radius 3 is 2.75 bits per heavy atom. The van der Waals surface area contributed by atoms with Crippen molar-refractivity contribution in [3.05, 3.63) is 7.11 Å². The van der Waals surface area contributed by atoms with E-state index in [1.165, 1.54) is 0 Å². The van der Waals surface area contributed by atoms with E-state index in [0.717, 1.165) is 0 Å². The van der Waals surface area contributed by atoms with Crippen LogP contribution in [0, 0.1) is 7.11 Å². The molecule has 0 aromatic heterocycles. The lowest BCUT2D eigenvalue weighted by molar-refractivity contribution is -0.143. The van der Waals surface area contributed by atoms with Crippen LogP contribution in [0.25, 0.3) is 0 Å². The molecule has 0 aromatic rings. The molecule has 0 saturated carbocycles. The first-order valence-electron chi connectivity index (χ1n) is 2.33. The molecule has 3 nitrogen and oxygen atoms in total. The maximum Gasteiger partial charge on any atom is 0.332 e. The molecule has 0 amide bonds. The van der Waals surface area contributed by atoms with Crippen molar-refractivity contribution in [1.82, 2.24) is 0 Å². The van der Waals surface area contributed by atoms with Crippen molar-refractivity contribution in [3.8, 4) is 0 Å². The lowest BCUT2D eigenvalue weighted by atomic mass is 10.7. The highest BCUT2D eigenvalue weighted by molar-refractivity contribution is 5.70.